The van der Waals surface area contributed by atoms with Crippen molar-refractivity contribution in [3.8, 4) is 39.6 Å². The lowest BCUT2D eigenvalue weighted by atomic mass is 9.63. The normalized spacial score (nSPS) is 16.1. The van der Waals surface area contributed by atoms with Gasteiger partial charge in [0.05, 0.1) is 33.6 Å². The summed E-state index contributed by atoms with van der Waals surface area (Å²) in [4.78, 5) is 9.78. The van der Waals surface area contributed by atoms with Gasteiger partial charge in [0, 0.05) is 45.9 Å². The highest BCUT2D eigenvalue weighted by Crippen LogP contribution is 2.54. The number of aromatic nitrogens is 2. The number of pyridine rings is 1. The van der Waals surface area contributed by atoms with Gasteiger partial charge in [0.15, 0.2) is 0 Å². The Hall–Kier alpha value is -7.11. The quantitative estimate of drug-likeness (QED) is 0.144. The van der Waals surface area contributed by atoms with E-state index in [1.54, 1.807) is 6.20 Å². The predicted molar refractivity (Wildman–Crippen MR) is 328 cm³/mol. The van der Waals surface area contributed by atoms with E-state index < -0.39 is 0 Å². The van der Waals surface area contributed by atoms with Crippen LogP contribution in [0.1, 0.15) is 156 Å². The van der Waals surface area contributed by atoms with E-state index in [4.69, 9.17) is 13.8 Å². The van der Waals surface area contributed by atoms with E-state index in [2.05, 4.69) is 205 Å². The van der Waals surface area contributed by atoms with Crippen molar-refractivity contribution < 1.29 is 10.2 Å². The Kier molecular flexibility index (Phi) is 11.5. The highest BCUT2D eigenvalue weighted by molar-refractivity contribution is 6.09. The molecular weight excluding hydrogens is 937 g/mol. The minimum atomic E-state index is -0.286. The van der Waals surface area contributed by atoms with E-state index in [0.717, 1.165) is 41.9 Å². The van der Waals surface area contributed by atoms with Gasteiger partial charge in [-0.2, -0.15) is 0 Å². The molecule has 0 unspecified atom stereocenters. The second kappa shape index (κ2) is 18.8. The van der Waals surface area contributed by atoms with Crippen molar-refractivity contribution in [1.29, 1.82) is 0 Å². The molecule has 7 aromatic carbocycles. The first-order chi connectivity index (χ1) is 38.0. The molecule has 0 fully saturated rings. The zero-order valence-electron chi connectivity index (χ0n) is 52.3. The zero-order valence-corrected chi connectivity index (χ0v) is 48.3. The molecule has 1 aliphatic carbocycles. The van der Waals surface area contributed by atoms with Crippen LogP contribution < -0.4 is 14.5 Å². The summed E-state index contributed by atoms with van der Waals surface area (Å²) < 4.78 is 44.4. The molecule has 5 heteroatoms. The van der Waals surface area contributed by atoms with E-state index in [1.807, 2.05) is 41.0 Å². The first-order valence-corrected chi connectivity index (χ1v) is 27.9. The molecule has 0 spiro atoms. The standard InChI is InChI=1S/C72H80N4O/c1-46(2)37-47-38-57(48-27-32-59-61(40-48)72(14,15)35-34-71(59,12)13)67(58(39-47)54-30-28-49(68(3,4)5)41-60(54)70(9,10)11)75-45-74(63-25-18-19-26-64(63)75)51-21-20-22-52(43-51)77-53-29-31-56-55-23-16-17-24-62(55)76(65(56)44-53)66-42-50(33-36-73-66)69(6,7)8/h16-33,36,38-44,46H,34-35,37,45H2,1-15H3/i16D,17D,23D,24D. The van der Waals surface area contributed by atoms with Crippen LogP contribution in [0.5, 0.6) is 11.5 Å². The lowest BCUT2D eigenvalue weighted by Crippen LogP contribution is -2.33. The van der Waals surface area contributed by atoms with Crippen LogP contribution in [0.15, 0.2) is 158 Å². The Labute approximate surface area is 465 Å². The fraction of sp³-hybridized carbons (Fsp3) is 0.347. The maximum atomic E-state index is 9.17. The van der Waals surface area contributed by atoms with Crippen LogP contribution in [-0.4, -0.2) is 16.2 Å². The van der Waals surface area contributed by atoms with E-state index >= 15 is 0 Å². The minimum absolute atomic E-state index is 0.0241. The van der Waals surface area contributed by atoms with Crippen molar-refractivity contribution in [3.63, 3.8) is 0 Å². The Morgan fingerprint density at radius 3 is 1.97 bits per heavy atom. The molecule has 0 radical (unpaired) electrons. The maximum absolute atomic E-state index is 9.17. The van der Waals surface area contributed by atoms with Gasteiger partial charge in [0.1, 0.15) is 24.0 Å². The van der Waals surface area contributed by atoms with E-state index in [0.29, 0.717) is 51.7 Å². The van der Waals surface area contributed by atoms with Gasteiger partial charge in [-0.3, -0.25) is 4.57 Å². The molecule has 0 saturated carbocycles. The molecular formula is C72H80N4O. The summed E-state index contributed by atoms with van der Waals surface area (Å²) in [5.74, 6) is 2.24. The largest absolute Gasteiger partial charge is 0.457 e. The zero-order chi connectivity index (χ0) is 58.0. The molecule has 1 aliphatic heterocycles. The summed E-state index contributed by atoms with van der Waals surface area (Å²) in [5.41, 5.74) is 18.1. The van der Waals surface area contributed by atoms with Gasteiger partial charge in [-0.05, 0) is 163 Å². The summed E-state index contributed by atoms with van der Waals surface area (Å²) in [6.07, 6.45) is 5.02. The molecule has 2 aromatic heterocycles. The van der Waals surface area contributed by atoms with Gasteiger partial charge >= 0.3 is 0 Å². The third-order valence-electron chi connectivity index (χ3n) is 16.6. The molecule has 0 saturated heterocycles. The summed E-state index contributed by atoms with van der Waals surface area (Å²) in [6.45, 7) is 35.3. The lowest BCUT2D eigenvalue weighted by Gasteiger charge is -2.42. The summed E-state index contributed by atoms with van der Waals surface area (Å²) in [6, 6.07) is 45.8. The fourth-order valence-corrected chi connectivity index (χ4v) is 12.1. The van der Waals surface area contributed by atoms with Gasteiger partial charge in [-0.1, -0.05) is 177 Å². The van der Waals surface area contributed by atoms with Crippen molar-refractivity contribution >= 4 is 44.6 Å². The topological polar surface area (TPSA) is 33.5 Å². The summed E-state index contributed by atoms with van der Waals surface area (Å²) in [7, 11) is 0. The number of hydrogen-bond acceptors (Lipinski definition) is 4. The van der Waals surface area contributed by atoms with Crippen LogP contribution in [-0.2, 0) is 33.5 Å². The average molecular weight is 1020 g/mol. The maximum Gasteiger partial charge on any atom is 0.137 e. The molecule has 9 aromatic rings. The molecule has 0 amide bonds. The molecule has 0 bridgehead atoms. The predicted octanol–water partition coefficient (Wildman–Crippen LogP) is 20.0. The van der Waals surface area contributed by atoms with Crippen LogP contribution in [0.4, 0.5) is 22.7 Å². The SMILES string of the molecule is [2H]c1c([2H])c([2H])c2c(c1[2H])c1ccc(Oc3cccc(N4CN(c5c(-c6ccc7c(c6)C(C)(C)CCC7(C)C)cc(CC(C)C)cc5-c5ccc(C(C)(C)C)cc5C(C)(C)C)c5ccccc54)c3)cc1n2-c1cc(C(C)(C)C)ccn1. The van der Waals surface area contributed by atoms with E-state index in [1.165, 1.54) is 55.8 Å². The van der Waals surface area contributed by atoms with E-state index in [-0.39, 0.29) is 51.2 Å². The monoisotopic (exact) mass is 1020 g/mol. The third-order valence-corrected chi connectivity index (χ3v) is 16.6. The minimum Gasteiger partial charge on any atom is -0.457 e. The fourth-order valence-electron chi connectivity index (χ4n) is 12.1. The number of nitrogens with zero attached hydrogens (tertiary/aromatic N) is 4. The van der Waals surface area contributed by atoms with Crippen molar-refractivity contribution in [2.24, 2.45) is 5.92 Å². The van der Waals surface area contributed by atoms with Crippen molar-refractivity contribution in [2.45, 2.75) is 150 Å². The molecule has 5 nitrogen and oxygen atoms in total. The molecule has 11 rings (SSSR count). The Morgan fingerprint density at radius 2 is 1.26 bits per heavy atom. The third kappa shape index (κ3) is 9.63. The highest BCUT2D eigenvalue weighted by Gasteiger charge is 2.39. The molecule has 0 N–H and O–H groups in total. The number of benzene rings is 7. The summed E-state index contributed by atoms with van der Waals surface area (Å²) >= 11 is 0. The lowest BCUT2D eigenvalue weighted by molar-refractivity contribution is 0.332. The molecule has 2 aliphatic rings. The number of rotatable bonds is 9. The van der Waals surface area contributed by atoms with Crippen LogP contribution in [0.25, 0.3) is 49.9 Å². The number of fused-ring (bicyclic) bond motifs is 5. The van der Waals surface area contributed by atoms with E-state index in [9.17, 15) is 1.37 Å². The van der Waals surface area contributed by atoms with Crippen molar-refractivity contribution in [3.05, 3.63) is 191 Å². The van der Waals surface area contributed by atoms with Crippen LogP contribution in [0, 0.1) is 5.92 Å². The Morgan fingerprint density at radius 1 is 0.584 bits per heavy atom. The average Bonchev–Trinajstić information content (AvgIpc) is 4.06. The Bertz CT molecular complexity index is 3980. The molecule has 0 atom stereocenters. The number of hydrogen-bond donors (Lipinski definition) is 0. The first kappa shape index (κ1) is 47.1. The van der Waals surface area contributed by atoms with Crippen LogP contribution >= 0.6 is 0 Å². The van der Waals surface area contributed by atoms with Gasteiger partial charge in [0.2, 0.25) is 0 Å². The van der Waals surface area contributed by atoms with Crippen LogP contribution in [0.3, 0.4) is 0 Å². The Balaban J connectivity index is 1.07. The molecule has 3 heterocycles. The molecule has 394 valence electrons. The van der Waals surface area contributed by atoms with Crippen molar-refractivity contribution in [2.75, 3.05) is 16.5 Å². The molecule has 77 heavy (non-hydrogen) atoms. The van der Waals surface area contributed by atoms with Gasteiger partial charge in [0.25, 0.3) is 0 Å². The van der Waals surface area contributed by atoms with Gasteiger partial charge in [-0.25, -0.2) is 4.98 Å². The highest BCUT2D eigenvalue weighted by atomic mass is 16.5. The number of ether oxygens (including phenoxy) is 1. The smallest absolute Gasteiger partial charge is 0.137 e. The summed E-state index contributed by atoms with van der Waals surface area (Å²) in [5, 5.41) is 1.13. The second-order valence-corrected chi connectivity index (χ2v) is 26.9. The van der Waals surface area contributed by atoms with Gasteiger partial charge < -0.3 is 14.5 Å². The second-order valence-electron chi connectivity index (χ2n) is 26.9. The first-order valence-electron chi connectivity index (χ1n) is 29.9. The number of para-hydroxylation sites is 3. The number of anilines is 4. The van der Waals surface area contributed by atoms with Crippen LogP contribution in [0.2, 0.25) is 0 Å². The van der Waals surface area contributed by atoms with Crippen molar-refractivity contribution in [1.82, 2.24) is 9.55 Å². The van der Waals surface area contributed by atoms with Gasteiger partial charge in [-0.15, -0.1) is 0 Å².